The largest absolute Gasteiger partial charge is 0.454 e. The Labute approximate surface area is 230 Å². The maximum Gasteiger partial charge on any atom is 0.262 e. The Morgan fingerprint density at radius 1 is 1.10 bits per heavy atom. The van der Waals surface area contributed by atoms with Crippen LogP contribution < -0.4 is 25.5 Å². The Morgan fingerprint density at radius 2 is 1.87 bits per heavy atom. The predicted octanol–water partition coefficient (Wildman–Crippen LogP) is 3.11. The average Bonchev–Trinajstić information content (AvgIpc) is 3.38. The third kappa shape index (κ3) is 6.63. The second kappa shape index (κ2) is 11.8. The molecule has 2 heterocycles. The molecule has 1 amide bonds. The zero-order valence-electron chi connectivity index (χ0n) is 21.4. The molecule has 0 fully saturated rings. The smallest absolute Gasteiger partial charge is 0.262 e. The van der Waals surface area contributed by atoms with E-state index in [9.17, 15) is 18.0 Å². The van der Waals surface area contributed by atoms with Gasteiger partial charge < -0.3 is 14.8 Å². The second-order valence-electron chi connectivity index (χ2n) is 9.51. The van der Waals surface area contributed by atoms with Crippen molar-refractivity contribution in [2.75, 3.05) is 19.1 Å². The summed E-state index contributed by atoms with van der Waals surface area (Å²) in [7, 11) is -3.74. The number of carbonyl (C=O) groups excluding carboxylic acids is 1. The van der Waals surface area contributed by atoms with Gasteiger partial charge in [-0.1, -0.05) is 35.5 Å². The van der Waals surface area contributed by atoms with Gasteiger partial charge in [-0.25, -0.2) is 18.5 Å². The standard InChI is InChI=1S/C27H30N4O6S2/c28-39(34,35)20-8-6-19(7-9-20)10-12-29-25(32)16-38-27-30-22-15-24-23(36-17-37-24)14-21(22)26(33)31(27)13-11-18-4-2-1-3-5-18/h4,6-9,14-15H,1-3,5,10-13,16-17H2,(H,29,32)(H2,28,34,35). The number of hydrogen-bond acceptors (Lipinski definition) is 8. The van der Waals surface area contributed by atoms with Crippen LogP contribution in [0.2, 0.25) is 0 Å². The summed E-state index contributed by atoms with van der Waals surface area (Å²) in [6.07, 6.45) is 8.04. The lowest BCUT2D eigenvalue weighted by Crippen LogP contribution is -2.28. The van der Waals surface area contributed by atoms with Gasteiger partial charge in [0.15, 0.2) is 16.7 Å². The molecular formula is C27H30N4O6S2. The summed E-state index contributed by atoms with van der Waals surface area (Å²) in [6.45, 7) is 0.969. The van der Waals surface area contributed by atoms with Crippen LogP contribution >= 0.6 is 11.8 Å². The normalized spacial score (nSPS) is 14.8. The van der Waals surface area contributed by atoms with Gasteiger partial charge in [-0.3, -0.25) is 14.2 Å². The van der Waals surface area contributed by atoms with E-state index < -0.39 is 10.0 Å². The highest BCUT2D eigenvalue weighted by molar-refractivity contribution is 7.99. The predicted molar refractivity (Wildman–Crippen MR) is 149 cm³/mol. The summed E-state index contributed by atoms with van der Waals surface area (Å²) in [5.74, 6) is 0.977. The fourth-order valence-electron chi connectivity index (χ4n) is 4.66. The first-order valence-corrected chi connectivity index (χ1v) is 15.3. The minimum atomic E-state index is -3.74. The van der Waals surface area contributed by atoms with Crippen molar-refractivity contribution >= 4 is 38.6 Å². The molecule has 2 aromatic carbocycles. The first-order chi connectivity index (χ1) is 18.8. The minimum Gasteiger partial charge on any atom is -0.454 e. The van der Waals surface area contributed by atoms with E-state index >= 15 is 0 Å². The van der Waals surface area contributed by atoms with Gasteiger partial charge in [0.25, 0.3) is 5.56 Å². The van der Waals surface area contributed by atoms with Crippen molar-refractivity contribution in [3.05, 3.63) is 64.0 Å². The van der Waals surface area contributed by atoms with Crippen LogP contribution in [0.1, 0.15) is 37.7 Å². The van der Waals surface area contributed by atoms with Gasteiger partial charge in [0.1, 0.15) is 0 Å². The highest BCUT2D eigenvalue weighted by Gasteiger charge is 2.20. The van der Waals surface area contributed by atoms with Crippen LogP contribution in [0.25, 0.3) is 10.9 Å². The topological polar surface area (TPSA) is 143 Å². The number of primary sulfonamides is 1. The Kier molecular flexibility index (Phi) is 8.24. The minimum absolute atomic E-state index is 0.0458. The fourth-order valence-corrected chi connectivity index (χ4v) is 6.03. The van der Waals surface area contributed by atoms with Gasteiger partial charge in [0, 0.05) is 19.2 Å². The van der Waals surface area contributed by atoms with E-state index in [1.807, 2.05) is 0 Å². The Hall–Kier alpha value is -3.35. The van der Waals surface area contributed by atoms with E-state index in [2.05, 4.69) is 11.4 Å². The summed E-state index contributed by atoms with van der Waals surface area (Å²) < 4.78 is 35.4. The number of aromatic nitrogens is 2. The fraction of sp³-hybridized carbons (Fsp3) is 0.370. The molecule has 3 N–H and O–H groups in total. The molecular weight excluding hydrogens is 540 g/mol. The van der Waals surface area contributed by atoms with Crippen molar-refractivity contribution in [1.82, 2.24) is 14.9 Å². The SMILES string of the molecule is NS(=O)(=O)c1ccc(CCNC(=O)CSc2nc3cc4c(cc3c(=O)n2CCC2=CCCCC2)OCO4)cc1. The molecule has 1 aliphatic carbocycles. The molecule has 0 radical (unpaired) electrons. The molecule has 0 atom stereocenters. The highest BCUT2D eigenvalue weighted by Crippen LogP contribution is 2.35. The van der Waals surface area contributed by atoms with Crippen molar-refractivity contribution in [3.8, 4) is 11.5 Å². The van der Waals surface area contributed by atoms with Crippen LogP contribution in [-0.2, 0) is 27.8 Å². The number of allylic oxidation sites excluding steroid dienone is 2. The van der Waals surface area contributed by atoms with Gasteiger partial charge >= 0.3 is 0 Å². The van der Waals surface area contributed by atoms with Crippen LogP contribution in [0.5, 0.6) is 11.5 Å². The van der Waals surface area contributed by atoms with Crippen LogP contribution in [0.4, 0.5) is 0 Å². The van der Waals surface area contributed by atoms with Gasteiger partial charge in [0.2, 0.25) is 22.7 Å². The van der Waals surface area contributed by atoms with Crippen molar-refractivity contribution in [3.63, 3.8) is 0 Å². The van der Waals surface area contributed by atoms with Gasteiger partial charge in [-0.2, -0.15) is 0 Å². The first kappa shape index (κ1) is 27.2. The van der Waals surface area contributed by atoms with Crippen molar-refractivity contribution < 1.29 is 22.7 Å². The number of rotatable bonds is 10. The van der Waals surface area contributed by atoms with E-state index in [1.165, 1.54) is 35.9 Å². The van der Waals surface area contributed by atoms with Crippen LogP contribution in [0, 0.1) is 0 Å². The summed E-state index contributed by atoms with van der Waals surface area (Å²) in [5.41, 5.74) is 2.56. The molecule has 0 saturated heterocycles. The van der Waals surface area contributed by atoms with Crippen molar-refractivity contribution in [2.24, 2.45) is 5.14 Å². The molecule has 1 aromatic heterocycles. The monoisotopic (exact) mass is 570 g/mol. The highest BCUT2D eigenvalue weighted by atomic mass is 32.2. The molecule has 0 saturated carbocycles. The Morgan fingerprint density at radius 3 is 2.59 bits per heavy atom. The van der Waals surface area contributed by atoms with Gasteiger partial charge in [-0.05, 0) is 62.3 Å². The number of hydrogen-bond donors (Lipinski definition) is 2. The number of ether oxygens (including phenoxy) is 2. The summed E-state index contributed by atoms with van der Waals surface area (Å²) in [5, 5.41) is 8.94. The zero-order chi connectivity index (χ0) is 27.4. The van der Waals surface area contributed by atoms with Crippen molar-refractivity contribution in [2.45, 2.75) is 55.1 Å². The van der Waals surface area contributed by atoms with Gasteiger partial charge in [0.05, 0.1) is 21.6 Å². The van der Waals surface area contributed by atoms with E-state index in [1.54, 1.807) is 28.8 Å². The molecule has 1 aliphatic heterocycles. The maximum absolute atomic E-state index is 13.5. The molecule has 0 spiro atoms. The number of nitrogens with two attached hydrogens (primary N) is 1. The lowest BCUT2D eigenvalue weighted by Gasteiger charge is -2.16. The number of sulfonamides is 1. The van der Waals surface area contributed by atoms with E-state index in [0.717, 1.165) is 31.2 Å². The Bertz CT molecular complexity index is 1580. The molecule has 206 valence electrons. The second-order valence-corrected chi connectivity index (χ2v) is 12.0. The van der Waals surface area contributed by atoms with Crippen LogP contribution in [-0.4, -0.2) is 43.0 Å². The molecule has 5 rings (SSSR count). The molecule has 0 unspecified atom stereocenters. The third-order valence-electron chi connectivity index (χ3n) is 6.78. The molecule has 10 nitrogen and oxygen atoms in total. The molecule has 12 heteroatoms. The zero-order valence-corrected chi connectivity index (χ0v) is 23.0. The number of carbonyl (C=O) groups is 1. The number of fused-ring (bicyclic) bond motifs is 2. The number of benzene rings is 2. The number of nitrogens with one attached hydrogen (secondary N) is 1. The molecule has 3 aromatic rings. The van der Waals surface area contributed by atoms with E-state index in [0.29, 0.717) is 47.1 Å². The summed E-state index contributed by atoms with van der Waals surface area (Å²) in [4.78, 5) is 30.9. The number of thioether (sulfide) groups is 1. The average molecular weight is 571 g/mol. The van der Waals surface area contributed by atoms with Crippen molar-refractivity contribution in [1.29, 1.82) is 0 Å². The van der Waals surface area contributed by atoms with Crippen LogP contribution in [0.15, 0.2) is 62.9 Å². The lowest BCUT2D eigenvalue weighted by atomic mass is 9.97. The third-order valence-corrected chi connectivity index (χ3v) is 8.68. The van der Waals surface area contributed by atoms with Gasteiger partial charge in [-0.15, -0.1) is 0 Å². The summed E-state index contributed by atoms with van der Waals surface area (Å²) >= 11 is 1.22. The number of amides is 1. The number of nitrogens with zero attached hydrogens (tertiary/aromatic N) is 2. The van der Waals surface area contributed by atoms with E-state index in [4.69, 9.17) is 19.6 Å². The quantitative estimate of drug-likeness (QED) is 0.215. The lowest BCUT2D eigenvalue weighted by molar-refractivity contribution is -0.118. The molecule has 2 aliphatic rings. The van der Waals surface area contributed by atoms with Crippen LogP contribution in [0.3, 0.4) is 0 Å². The first-order valence-electron chi connectivity index (χ1n) is 12.8. The molecule has 0 bridgehead atoms. The Balaban J connectivity index is 1.27. The maximum atomic E-state index is 13.5. The molecule has 39 heavy (non-hydrogen) atoms. The summed E-state index contributed by atoms with van der Waals surface area (Å²) in [6, 6.07) is 9.63. The van der Waals surface area contributed by atoms with E-state index in [-0.39, 0.29) is 28.9 Å².